The Kier molecular flexibility index (Phi) is 4.21. The van der Waals surface area contributed by atoms with Gasteiger partial charge < -0.3 is 5.73 Å². The van der Waals surface area contributed by atoms with Crippen LogP contribution in [0, 0.1) is 0 Å². The molecule has 15 heavy (non-hydrogen) atoms. The minimum absolute atomic E-state index is 0.0561. The van der Waals surface area contributed by atoms with E-state index in [2.05, 4.69) is 4.72 Å². The Labute approximate surface area is 98.4 Å². The summed E-state index contributed by atoms with van der Waals surface area (Å²) >= 11 is 11.5. The minimum Gasteiger partial charge on any atom is -0.329 e. The van der Waals surface area contributed by atoms with Crippen LogP contribution in [0.1, 0.15) is 0 Å². The van der Waals surface area contributed by atoms with Crippen molar-refractivity contribution in [2.75, 3.05) is 17.0 Å². The Morgan fingerprint density at radius 2 is 2.00 bits per heavy atom. The molecule has 0 aliphatic heterocycles. The fourth-order valence-electron chi connectivity index (χ4n) is 0.946. The highest BCUT2D eigenvalue weighted by molar-refractivity contribution is 7.92. The molecule has 1 rings (SSSR count). The van der Waals surface area contributed by atoms with E-state index in [9.17, 15) is 8.42 Å². The van der Waals surface area contributed by atoms with Crippen LogP contribution in [0.5, 0.6) is 0 Å². The molecule has 0 aliphatic rings. The molecule has 0 aliphatic carbocycles. The molecular formula is C8H10Cl2N2O2S. The number of nitrogens with one attached hydrogen (secondary N) is 1. The van der Waals surface area contributed by atoms with Crippen LogP contribution in [0.2, 0.25) is 10.0 Å². The fourth-order valence-corrected chi connectivity index (χ4v) is 2.38. The first-order valence-electron chi connectivity index (χ1n) is 4.10. The third kappa shape index (κ3) is 3.87. The van der Waals surface area contributed by atoms with Gasteiger partial charge in [0, 0.05) is 11.6 Å². The number of nitrogens with two attached hydrogens (primary N) is 1. The fraction of sp³-hybridized carbons (Fsp3) is 0.250. The van der Waals surface area contributed by atoms with Crippen molar-refractivity contribution in [3.63, 3.8) is 0 Å². The van der Waals surface area contributed by atoms with Crippen molar-refractivity contribution in [2.24, 2.45) is 5.73 Å². The monoisotopic (exact) mass is 268 g/mol. The van der Waals surface area contributed by atoms with Gasteiger partial charge in [-0.25, -0.2) is 8.42 Å². The van der Waals surface area contributed by atoms with Gasteiger partial charge >= 0.3 is 0 Å². The maximum atomic E-state index is 11.4. The molecule has 7 heteroatoms. The standard InChI is InChI=1S/C8H10Cl2N2O2S/c9-6-1-2-8(7(10)5-6)12-15(13,14)4-3-11/h1-2,5,12H,3-4,11H2. The summed E-state index contributed by atoms with van der Waals surface area (Å²) in [7, 11) is -3.42. The minimum atomic E-state index is -3.42. The van der Waals surface area contributed by atoms with E-state index >= 15 is 0 Å². The van der Waals surface area contributed by atoms with Gasteiger partial charge in [0.1, 0.15) is 0 Å². The maximum absolute atomic E-state index is 11.4. The molecule has 1 aromatic carbocycles. The lowest BCUT2D eigenvalue weighted by Gasteiger charge is -2.08. The Morgan fingerprint density at radius 3 is 2.53 bits per heavy atom. The number of hydrogen-bond acceptors (Lipinski definition) is 3. The van der Waals surface area contributed by atoms with Gasteiger partial charge in [-0.2, -0.15) is 0 Å². The first kappa shape index (κ1) is 12.6. The van der Waals surface area contributed by atoms with Crippen molar-refractivity contribution in [3.05, 3.63) is 28.2 Å². The molecule has 0 bridgehead atoms. The summed E-state index contributed by atoms with van der Waals surface area (Å²) in [6, 6.07) is 4.51. The van der Waals surface area contributed by atoms with Crippen LogP contribution in [-0.2, 0) is 10.0 Å². The van der Waals surface area contributed by atoms with Crippen molar-refractivity contribution < 1.29 is 8.42 Å². The predicted molar refractivity (Wildman–Crippen MR) is 62.9 cm³/mol. The predicted octanol–water partition coefficient (Wildman–Crippen LogP) is 1.69. The van der Waals surface area contributed by atoms with E-state index in [1.165, 1.54) is 12.1 Å². The van der Waals surface area contributed by atoms with Crippen LogP contribution in [0.15, 0.2) is 18.2 Å². The van der Waals surface area contributed by atoms with Crippen LogP contribution in [0.25, 0.3) is 0 Å². The molecule has 3 N–H and O–H groups in total. The van der Waals surface area contributed by atoms with E-state index < -0.39 is 10.0 Å². The second-order valence-electron chi connectivity index (χ2n) is 2.83. The number of halogens is 2. The summed E-state index contributed by atoms with van der Waals surface area (Å²) in [6.45, 7) is 0.0561. The van der Waals surface area contributed by atoms with Crippen molar-refractivity contribution in [1.82, 2.24) is 0 Å². The second kappa shape index (κ2) is 5.03. The number of sulfonamides is 1. The Balaban J connectivity index is 2.90. The Bertz CT molecular complexity index is 448. The van der Waals surface area contributed by atoms with Crippen LogP contribution < -0.4 is 10.5 Å². The largest absolute Gasteiger partial charge is 0.329 e. The van der Waals surface area contributed by atoms with Gasteiger partial charge in [-0.15, -0.1) is 0 Å². The van der Waals surface area contributed by atoms with Crippen LogP contribution in [-0.4, -0.2) is 20.7 Å². The number of hydrogen-bond donors (Lipinski definition) is 2. The van der Waals surface area contributed by atoms with Crippen molar-refractivity contribution >= 4 is 38.9 Å². The Hall–Kier alpha value is -0.490. The lowest BCUT2D eigenvalue weighted by Crippen LogP contribution is -2.22. The van der Waals surface area contributed by atoms with Gasteiger partial charge in [0.05, 0.1) is 16.5 Å². The molecular weight excluding hydrogens is 259 g/mol. The average Bonchev–Trinajstić information content (AvgIpc) is 2.09. The van der Waals surface area contributed by atoms with Crippen molar-refractivity contribution in [2.45, 2.75) is 0 Å². The molecule has 84 valence electrons. The quantitative estimate of drug-likeness (QED) is 0.873. The molecule has 0 fully saturated rings. The second-order valence-corrected chi connectivity index (χ2v) is 5.52. The van der Waals surface area contributed by atoms with Crippen LogP contribution >= 0.6 is 23.2 Å². The first-order chi connectivity index (χ1) is 6.94. The third-order valence-corrected chi connectivity index (χ3v) is 3.44. The number of benzene rings is 1. The van der Waals surface area contributed by atoms with E-state index in [4.69, 9.17) is 28.9 Å². The third-order valence-electron chi connectivity index (χ3n) is 1.58. The summed E-state index contributed by atoms with van der Waals surface area (Å²) in [5.41, 5.74) is 5.46. The van der Waals surface area contributed by atoms with Gasteiger partial charge in [0.25, 0.3) is 0 Å². The molecule has 4 nitrogen and oxygen atoms in total. The molecule has 0 atom stereocenters. The molecule has 0 radical (unpaired) electrons. The van der Waals surface area contributed by atoms with Gasteiger partial charge in [-0.05, 0) is 18.2 Å². The molecule has 0 unspecified atom stereocenters. The summed E-state index contributed by atoms with van der Waals surface area (Å²) in [5, 5.41) is 0.699. The van der Waals surface area contributed by atoms with E-state index in [1.54, 1.807) is 6.07 Å². The molecule has 1 aromatic rings. The highest BCUT2D eigenvalue weighted by atomic mass is 35.5. The van der Waals surface area contributed by atoms with E-state index in [0.717, 1.165) is 0 Å². The van der Waals surface area contributed by atoms with Gasteiger partial charge in [0.15, 0.2) is 0 Å². The van der Waals surface area contributed by atoms with E-state index in [1.807, 2.05) is 0 Å². The lowest BCUT2D eigenvalue weighted by molar-refractivity contribution is 0.601. The molecule has 0 aromatic heterocycles. The zero-order valence-electron chi connectivity index (χ0n) is 7.70. The van der Waals surface area contributed by atoms with Crippen molar-refractivity contribution in [1.29, 1.82) is 0 Å². The molecule has 0 amide bonds. The van der Waals surface area contributed by atoms with Gasteiger partial charge in [0.2, 0.25) is 10.0 Å². The number of anilines is 1. The Morgan fingerprint density at radius 1 is 1.33 bits per heavy atom. The zero-order valence-corrected chi connectivity index (χ0v) is 10.0. The molecule has 0 heterocycles. The summed E-state index contributed by atoms with van der Waals surface area (Å²) in [6.07, 6.45) is 0. The van der Waals surface area contributed by atoms with Crippen molar-refractivity contribution in [3.8, 4) is 0 Å². The number of rotatable bonds is 4. The lowest BCUT2D eigenvalue weighted by atomic mass is 10.3. The van der Waals surface area contributed by atoms with Gasteiger partial charge in [-0.1, -0.05) is 23.2 Å². The molecule has 0 saturated carbocycles. The zero-order chi connectivity index (χ0) is 11.5. The van der Waals surface area contributed by atoms with Crippen LogP contribution in [0.4, 0.5) is 5.69 Å². The van der Waals surface area contributed by atoms with Gasteiger partial charge in [-0.3, -0.25) is 4.72 Å². The SMILES string of the molecule is NCCS(=O)(=O)Nc1ccc(Cl)cc1Cl. The topological polar surface area (TPSA) is 72.2 Å². The van der Waals surface area contributed by atoms with E-state index in [0.29, 0.717) is 10.7 Å². The highest BCUT2D eigenvalue weighted by Crippen LogP contribution is 2.26. The normalized spacial score (nSPS) is 11.4. The first-order valence-corrected chi connectivity index (χ1v) is 6.51. The summed E-state index contributed by atoms with van der Waals surface area (Å²) < 4.78 is 25.0. The van der Waals surface area contributed by atoms with Crippen LogP contribution in [0.3, 0.4) is 0 Å². The summed E-state index contributed by atoms with van der Waals surface area (Å²) in [4.78, 5) is 0. The average molecular weight is 269 g/mol. The molecule has 0 saturated heterocycles. The van der Waals surface area contributed by atoms with E-state index in [-0.39, 0.29) is 17.3 Å². The maximum Gasteiger partial charge on any atom is 0.234 e. The molecule has 0 spiro atoms. The smallest absolute Gasteiger partial charge is 0.234 e. The highest BCUT2D eigenvalue weighted by Gasteiger charge is 2.11. The summed E-state index contributed by atoms with van der Waals surface area (Å²) in [5.74, 6) is -0.147.